The van der Waals surface area contributed by atoms with Gasteiger partial charge in [0, 0.05) is 22.9 Å². The predicted octanol–water partition coefficient (Wildman–Crippen LogP) is 3.71. The zero-order valence-electron chi connectivity index (χ0n) is 13.6. The van der Waals surface area contributed by atoms with Gasteiger partial charge < -0.3 is 9.47 Å². The molecule has 2 heterocycles. The standard InChI is InChI=1S/C17H17N3O2S2/c1-18-17-20(19-10-13-5-4-8-23-13)15(11-24-17)14-9-12(21-2)6-7-16(14)22-3/h4-11H,1-3H3. The summed E-state index contributed by atoms with van der Waals surface area (Å²) < 4.78 is 12.7. The molecule has 0 fully saturated rings. The Balaban J connectivity index is 2.14. The largest absolute Gasteiger partial charge is 0.497 e. The highest BCUT2D eigenvalue weighted by Crippen LogP contribution is 2.33. The van der Waals surface area contributed by atoms with Crippen molar-refractivity contribution in [1.29, 1.82) is 0 Å². The highest BCUT2D eigenvalue weighted by molar-refractivity contribution is 7.11. The van der Waals surface area contributed by atoms with E-state index in [1.807, 2.05) is 52.0 Å². The Kier molecular flexibility index (Phi) is 5.12. The summed E-state index contributed by atoms with van der Waals surface area (Å²) in [5.41, 5.74) is 1.82. The first kappa shape index (κ1) is 16.5. The predicted molar refractivity (Wildman–Crippen MR) is 99.6 cm³/mol. The van der Waals surface area contributed by atoms with Gasteiger partial charge in [-0.2, -0.15) is 5.10 Å². The van der Waals surface area contributed by atoms with Gasteiger partial charge in [-0.15, -0.1) is 22.7 Å². The summed E-state index contributed by atoms with van der Waals surface area (Å²) in [5, 5.41) is 8.65. The zero-order valence-corrected chi connectivity index (χ0v) is 15.2. The molecule has 24 heavy (non-hydrogen) atoms. The Labute approximate surface area is 148 Å². The van der Waals surface area contributed by atoms with E-state index in [1.165, 1.54) is 11.3 Å². The molecule has 1 aromatic carbocycles. The monoisotopic (exact) mass is 359 g/mol. The minimum absolute atomic E-state index is 0.760. The molecular formula is C17H17N3O2S2. The molecule has 0 aliphatic heterocycles. The summed E-state index contributed by atoms with van der Waals surface area (Å²) >= 11 is 3.17. The van der Waals surface area contributed by atoms with E-state index in [2.05, 4.69) is 10.1 Å². The summed E-state index contributed by atoms with van der Waals surface area (Å²) in [6, 6.07) is 9.73. The topological polar surface area (TPSA) is 48.1 Å². The van der Waals surface area contributed by atoms with Crippen molar-refractivity contribution in [2.24, 2.45) is 10.1 Å². The maximum Gasteiger partial charge on any atom is 0.205 e. The molecule has 5 nitrogen and oxygen atoms in total. The van der Waals surface area contributed by atoms with E-state index in [-0.39, 0.29) is 0 Å². The smallest absolute Gasteiger partial charge is 0.205 e. The third-order valence-electron chi connectivity index (χ3n) is 3.40. The number of hydrogen-bond acceptors (Lipinski definition) is 6. The van der Waals surface area contributed by atoms with Crippen molar-refractivity contribution in [2.45, 2.75) is 0 Å². The van der Waals surface area contributed by atoms with Gasteiger partial charge in [0.1, 0.15) is 11.5 Å². The maximum absolute atomic E-state index is 5.50. The zero-order chi connectivity index (χ0) is 16.9. The fourth-order valence-electron chi connectivity index (χ4n) is 2.24. The minimum Gasteiger partial charge on any atom is -0.497 e. The van der Waals surface area contributed by atoms with E-state index in [9.17, 15) is 0 Å². The normalized spacial score (nSPS) is 12.0. The number of rotatable bonds is 5. The van der Waals surface area contributed by atoms with Gasteiger partial charge in [-0.25, -0.2) is 4.68 Å². The second kappa shape index (κ2) is 7.46. The van der Waals surface area contributed by atoms with Gasteiger partial charge in [-0.3, -0.25) is 4.99 Å². The number of ether oxygens (including phenoxy) is 2. The Morgan fingerprint density at radius 1 is 1.12 bits per heavy atom. The molecule has 0 saturated heterocycles. The third-order valence-corrected chi connectivity index (χ3v) is 5.12. The van der Waals surface area contributed by atoms with Crippen LogP contribution in [-0.4, -0.2) is 32.2 Å². The van der Waals surface area contributed by atoms with Crippen LogP contribution < -0.4 is 14.3 Å². The fourth-order valence-corrected chi connectivity index (χ4v) is 3.62. The lowest BCUT2D eigenvalue weighted by atomic mass is 10.1. The molecule has 3 rings (SSSR count). The molecule has 0 N–H and O–H groups in total. The number of aromatic nitrogens is 1. The lowest BCUT2D eigenvalue weighted by Gasteiger charge is -2.10. The quantitative estimate of drug-likeness (QED) is 0.652. The number of hydrogen-bond donors (Lipinski definition) is 0. The Morgan fingerprint density at radius 3 is 2.67 bits per heavy atom. The molecule has 0 saturated carbocycles. The molecule has 2 aromatic heterocycles. The van der Waals surface area contributed by atoms with Crippen molar-refractivity contribution in [1.82, 2.24) is 4.68 Å². The number of methoxy groups -OCH3 is 2. The lowest BCUT2D eigenvalue weighted by Crippen LogP contribution is -2.11. The number of thiazole rings is 1. The van der Waals surface area contributed by atoms with Crippen LogP contribution in [0.25, 0.3) is 11.3 Å². The van der Waals surface area contributed by atoms with Crippen LogP contribution in [0.15, 0.2) is 51.2 Å². The first-order valence-electron chi connectivity index (χ1n) is 7.20. The Hall–Kier alpha value is -2.38. The van der Waals surface area contributed by atoms with Crippen LogP contribution in [0.5, 0.6) is 11.5 Å². The first-order valence-corrected chi connectivity index (χ1v) is 8.96. The fraction of sp³-hybridized carbons (Fsp3) is 0.176. The van der Waals surface area contributed by atoms with Gasteiger partial charge in [-0.05, 0) is 29.6 Å². The van der Waals surface area contributed by atoms with Crippen LogP contribution in [0.4, 0.5) is 0 Å². The molecule has 0 aliphatic carbocycles. The van der Waals surface area contributed by atoms with E-state index >= 15 is 0 Å². The summed E-state index contributed by atoms with van der Waals surface area (Å²) in [7, 11) is 5.06. The molecule has 0 aliphatic rings. The molecule has 124 valence electrons. The average molecular weight is 359 g/mol. The van der Waals surface area contributed by atoms with E-state index in [0.29, 0.717) is 0 Å². The van der Waals surface area contributed by atoms with Crippen molar-refractivity contribution in [3.8, 4) is 22.8 Å². The Morgan fingerprint density at radius 2 is 2.00 bits per heavy atom. The second-order valence-electron chi connectivity index (χ2n) is 4.77. The van der Waals surface area contributed by atoms with Crippen molar-refractivity contribution < 1.29 is 9.47 Å². The van der Waals surface area contributed by atoms with Crippen LogP contribution in [0.1, 0.15) is 4.88 Å². The molecule has 0 spiro atoms. The van der Waals surface area contributed by atoms with Crippen LogP contribution in [-0.2, 0) is 0 Å². The van der Waals surface area contributed by atoms with Crippen LogP contribution in [0, 0.1) is 0 Å². The van der Waals surface area contributed by atoms with Crippen LogP contribution in [0.2, 0.25) is 0 Å². The molecule has 0 unspecified atom stereocenters. The van der Waals surface area contributed by atoms with Crippen LogP contribution in [0.3, 0.4) is 0 Å². The average Bonchev–Trinajstić information content (AvgIpc) is 3.28. The van der Waals surface area contributed by atoms with Crippen molar-refractivity contribution in [3.05, 3.63) is 50.8 Å². The van der Waals surface area contributed by atoms with E-state index in [1.54, 1.807) is 32.6 Å². The van der Waals surface area contributed by atoms with Gasteiger partial charge in [0.05, 0.1) is 26.1 Å². The third kappa shape index (κ3) is 3.27. The van der Waals surface area contributed by atoms with Gasteiger partial charge in [0.25, 0.3) is 0 Å². The van der Waals surface area contributed by atoms with Crippen LogP contribution >= 0.6 is 22.7 Å². The number of benzene rings is 1. The maximum atomic E-state index is 5.50. The molecule has 0 atom stereocenters. The van der Waals surface area contributed by atoms with Gasteiger partial charge in [-0.1, -0.05) is 6.07 Å². The van der Waals surface area contributed by atoms with E-state index in [0.717, 1.165) is 32.4 Å². The summed E-state index contributed by atoms with van der Waals surface area (Å²) in [6.07, 6.45) is 1.84. The second-order valence-corrected chi connectivity index (χ2v) is 6.58. The molecular weight excluding hydrogens is 342 g/mol. The molecule has 3 aromatic rings. The van der Waals surface area contributed by atoms with Gasteiger partial charge >= 0.3 is 0 Å². The highest BCUT2D eigenvalue weighted by Gasteiger charge is 2.13. The van der Waals surface area contributed by atoms with E-state index in [4.69, 9.17) is 9.47 Å². The molecule has 0 amide bonds. The van der Waals surface area contributed by atoms with Crippen molar-refractivity contribution in [3.63, 3.8) is 0 Å². The van der Waals surface area contributed by atoms with E-state index < -0.39 is 0 Å². The number of thiophene rings is 1. The molecule has 7 heteroatoms. The Bertz CT molecular complexity index is 908. The number of nitrogens with zero attached hydrogens (tertiary/aromatic N) is 3. The minimum atomic E-state index is 0.760. The van der Waals surface area contributed by atoms with Crippen molar-refractivity contribution >= 4 is 28.9 Å². The SMILES string of the molecule is CN=c1scc(-c2cc(OC)ccc2OC)n1N=Cc1cccs1. The van der Waals surface area contributed by atoms with Gasteiger partial charge in [0.15, 0.2) is 0 Å². The lowest BCUT2D eigenvalue weighted by molar-refractivity contribution is 0.404. The summed E-state index contributed by atoms with van der Waals surface area (Å²) in [6.45, 7) is 0. The first-order chi connectivity index (χ1) is 11.8. The summed E-state index contributed by atoms with van der Waals surface area (Å²) in [5.74, 6) is 1.53. The summed E-state index contributed by atoms with van der Waals surface area (Å²) in [4.78, 5) is 6.20. The van der Waals surface area contributed by atoms with Crippen molar-refractivity contribution in [2.75, 3.05) is 21.3 Å². The van der Waals surface area contributed by atoms with Gasteiger partial charge in [0.2, 0.25) is 4.80 Å². The molecule has 0 radical (unpaired) electrons. The molecule has 0 bridgehead atoms. The highest BCUT2D eigenvalue weighted by atomic mass is 32.1.